The van der Waals surface area contributed by atoms with Crippen LogP contribution in [-0.2, 0) is 13.6 Å². The summed E-state index contributed by atoms with van der Waals surface area (Å²) in [6.45, 7) is 6.56. The monoisotopic (exact) mass is 236 g/mol. The fourth-order valence-corrected chi connectivity index (χ4v) is 2.57. The van der Waals surface area contributed by atoms with E-state index in [0.717, 1.165) is 19.6 Å². The van der Waals surface area contributed by atoms with Crippen LogP contribution in [0.15, 0.2) is 12.3 Å². The maximum atomic E-state index is 4.47. The number of likely N-dealkylation sites (tertiary alicyclic amines) is 1. The Hall–Kier alpha value is -0.870. The van der Waals surface area contributed by atoms with E-state index in [1.54, 1.807) is 0 Å². The van der Waals surface area contributed by atoms with E-state index in [9.17, 15) is 0 Å². The number of nitrogens with one attached hydrogen (secondary N) is 1. The quantitative estimate of drug-likeness (QED) is 0.838. The molecule has 4 heteroatoms. The maximum absolute atomic E-state index is 4.47. The summed E-state index contributed by atoms with van der Waals surface area (Å²) in [5.41, 5.74) is 1.19. The lowest BCUT2D eigenvalue weighted by Crippen LogP contribution is -2.45. The van der Waals surface area contributed by atoms with Crippen LogP contribution in [0.4, 0.5) is 0 Å². The Morgan fingerprint density at radius 2 is 2.35 bits per heavy atom. The summed E-state index contributed by atoms with van der Waals surface area (Å²) in [6.07, 6.45) is 6.04. The van der Waals surface area contributed by atoms with Gasteiger partial charge in [0.1, 0.15) is 0 Å². The van der Waals surface area contributed by atoms with Crippen LogP contribution < -0.4 is 5.32 Å². The molecule has 4 nitrogen and oxygen atoms in total. The first kappa shape index (κ1) is 12.6. The molecule has 1 atom stereocenters. The fraction of sp³-hybridized carbons (Fsp3) is 0.769. The maximum Gasteiger partial charge on any atom is 0.0764 e. The number of hydrogen-bond acceptors (Lipinski definition) is 3. The molecule has 0 amide bonds. The summed E-state index contributed by atoms with van der Waals surface area (Å²) in [6, 6.07) is 2.81. The third-order valence-electron chi connectivity index (χ3n) is 3.51. The number of aryl methyl sites for hydroxylation is 1. The van der Waals surface area contributed by atoms with Crippen molar-refractivity contribution in [3.63, 3.8) is 0 Å². The summed E-state index contributed by atoms with van der Waals surface area (Å²) < 4.78 is 1.89. The average molecular weight is 236 g/mol. The molecule has 1 aliphatic heterocycles. The second-order valence-corrected chi connectivity index (χ2v) is 4.91. The van der Waals surface area contributed by atoms with Gasteiger partial charge in [0.05, 0.1) is 5.69 Å². The highest BCUT2D eigenvalue weighted by Gasteiger charge is 2.22. The first-order valence-corrected chi connectivity index (χ1v) is 6.73. The van der Waals surface area contributed by atoms with Gasteiger partial charge in [0, 0.05) is 32.4 Å². The Bertz CT molecular complexity index is 334. The molecule has 96 valence electrons. The van der Waals surface area contributed by atoms with E-state index in [1.807, 2.05) is 17.9 Å². The molecule has 1 aromatic rings. The van der Waals surface area contributed by atoms with Crippen LogP contribution in [0.2, 0.25) is 0 Å². The SMILES string of the molecule is CCNCC1CCCCN1Cc1ccn(C)n1. The lowest BCUT2D eigenvalue weighted by atomic mass is 10.0. The molecule has 1 saturated heterocycles. The predicted molar refractivity (Wildman–Crippen MR) is 69.8 cm³/mol. The summed E-state index contributed by atoms with van der Waals surface area (Å²) in [4.78, 5) is 2.58. The van der Waals surface area contributed by atoms with Crippen molar-refractivity contribution >= 4 is 0 Å². The minimum absolute atomic E-state index is 0.686. The molecular weight excluding hydrogens is 212 g/mol. The molecule has 0 aliphatic carbocycles. The van der Waals surface area contributed by atoms with E-state index in [0.29, 0.717) is 6.04 Å². The minimum Gasteiger partial charge on any atom is -0.315 e. The smallest absolute Gasteiger partial charge is 0.0764 e. The molecule has 1 aliphatic rings. The van der Waals surface area contributed by atoms with Crippen LogP contribution in [0.1, 0.15) is 31.9 Å². The lowest BCUT2D eigenvalue weighted by Gasteiger charge is -2.35. The fourth-order valence-electron chi connectivity index (χ4n) is 2.57. The molecule has 2 rings (SSSR count). The van der Waals surface area contributed by atoms with Gasteiger partial charge >= 0.3 is 0 Å². The van der Waals surface area contributed by atoms with Crippen LogP contribution in [0, 0.1) is 0 Å². The first-order chi connectivity index (χ1) is 8.29. The molecule has 1 unspecified atom stereocenters. The van der Waals surface area contributed by atoms with Crippen LogP contribution in [0.3, 0.4) is 0 Å². The Morgan fingerprint density at radius 1 is 1.47 bits per heavy atom. The van der Waals surface area contributed by atoms with Crippen molar-refractivity contribution in [3.05, 3.63) is 18.0 Å². The van der Waals surface area contributed by atoms with Gasteiger partial charge in [0.2, 0.25) is 0 Å². The van der Waals surface area contributed by atoms with Crippen LogP contribution >= 0.6 is 0 Å². The highest BCUT2D eigenvalue weighted by molar-refractivity contribution is 4.99. The number of hydrogen-bond donors (Lipinski definition) is 1. The highest BCUT2D eigenvalue weighted by Crippen LogP contribution is 2.18. The second-order valence-electron chi connectivity index (χ2n) is 4.91. The number of rotatable bonds is 5. The van der Waals surface area contributed by atoms with Crippen molar-refractivity contribution in [3.8, 4) is 0 Å². The molecule has 0 bridgehead atoms. The van der Waals surface area contributed by atoms with Gasteiger partial charge in [-0.3, -0.25) is 9.58 Å². The molecule has 0 spiro atoms. The van der Waals surface area contributed by atoms with Crippen LogP contribution in [-0.4, -0.2) is 40.4 Å². The van der Waals surface area contributed by atoms with Crippen molar-refractivity contribution in [2.45, 2.75) is 38.8 Å². The molecule has 17 heavy (non-hydrogen) atoms. The number of piperidine rings is 1. The second kappa shape index (κ2) is 6.17. The van der Waals surface area contributed by atoms with E-state index in [4.69, 9.17) is 0 Å². The zero-order valence-electron chi connectivity index (χ0n) is 11.0. The van der Waals surface area contributed by atoms with Gasteiger partial charge in [-0.15, -0.1) is 0 Å². The number of likely N-dealkylation sites (N-methyl/N-ethyl adjacent to an activating group) is 1. The van der Waals surface area contributed by atoms with E-state index >= 15 is 0 Å². The number of nitrogens with zero attached hydrogens (tertiary/aromatic N) is 3. The Morgan fingerprint density at radius 3 is 3.06 bits per heavy atom. The summed E-state index contributed by atoms with van der Waals surface area (Å²) in [7, 11) is 1.98. The molecule has 0 aromatic carbocycles. The summed E-state index contributed by atoms with van der Waals surface area (Å²) in [5, 5.41) is 7.95. The Labute approximate surface area is 104 Å². The largest absolute Gasteiger partial charge is 0.315 e. The van der Waals surface area contributed by atoms with Crippen molar-refractivity contribution < 1.29 is 0 Å². The van der Waals surface area contributed by atoms with E-state index < -0.39 is 0 Å². The Kier molecular flexibility index (Phi) is 4.57. The molecule has 0 saturated carbocycles. The van der Waals surface area contributed by atoms with Crippen LogP contribution in [0.25, 0.3) is 0 Å². The summed E-state index contributed by atoms with van der Waals surface area (Å²) >= 11 is 0. The van der Waals surface area contributed by atoms with Gasteiger partial charge in [-0.25, -0.2) is 0 Å². The average Bonchev–Trinajstić information content (AvgIpc) is 2.74. The van der Waals surface area contributed by atoms with Crippen molar-refractivity contribution in [1.29, 1.82) is 0 Å². The van der Waals surface area contributed by atoms with Gasteiger partial charge in [-0.1, -0.05) is 13.3 Å². The van der Waals surface area contributed by atoms with E-state index in [-0.39, 0.29) is 0 Å². The van der Waals surface area contributed by atoms with Gasteiger partial charge in [-0.2, -0.15) is 5.10 Å². The summed E-state index contributed by atoms with van der Waals surface area (Å²) in [5.74, 6) is 0. The van der Waals surface area contributed by atoms with Crippen molar-refractivity contribution in [2.75, 3.05) is 19.6 Å². The third-order valence-corrected chi connectivity index (χ3v) is 3.51. The van der Waals surface area contributed by atoms with Crippen molar-refractivity contribution in [1.82, 2.24) is 20.0 Å². The number of aromatic nitrogens is 2. The standard InChI is InChI=1S/C13H24N4/c1-3-14-10-13-6-4-5-8-17(13)11-12-7-9-16(2)15-12/h7,9,13-14H,3-6,8,10-11H2,1-2H3. The normalized spacial score (nSPS) is 21.9. The van der Waals surface area contributed by atoms with Crippen molar-refractivity contribution in [2.24, 2.45) is 7.05 Å². The molecular formula is C13H24N4. The Balaban J connectivity index is 1.91. The molecule has 0 radical (unpaired) electrons. The van der Waals surface area contributed by atoms with Gasteiger partial charge in [-0.05, 0) is 32.0 Å². The van der Waals surface area contributed by atoms with Gasteiger partial charge < -0.3 is 5.32 Å². The molecule has 1 fully saturated rings. The minimum atomic E-state index is 0.686. The third kappa shape index (κ3) is 3.54. The first-order valence-electron chi connectivity index (χ1n) is 6.73. The van der Waals surface area contributed by atoms with E-state index in [2.05, 4.69) is 28.3 Å². The topological polar surface area (TPSA) is 33.1 Å². The highest BCUT2D eigenvalue weighted by atomic mass is 15.3. The molecule has 1 aromatic heterocycles. The zero-order valence-corrected chi connectivity index (χ0v) is 11.0. The molecule has 2 heterocycles. The van der Waals surface area contributed by atoms with Gasteiger partial charge in [0.25, 0.3) is 0 Å². The lowest BCUT2D eigenvalue weighted by molar-refractivity contribution is 0.136. The zero-order chi connectivity index (χ0) is 12.1. The molecule has 1 N–H and O–H groups in total. The van der Waals surface area contributed by atoms with Crippen LogP contribution in [0.5, 0.6) is 0 Å². The van der Waals surface area contributed by atoms with Gasteiger partial charge in [0.15, 0.2) is 0 Å². The predicted octanol–water partition coefficient (Wildman–Crippen LogP) is 1.38. The van der Waals surface area contributed by atoms with E-state index in [1.165, 1.54) is 31.5 Å².